The summed E-state index contributed by atoms with van der Waals surface area (Å²) in [5.41, 5.74) is 0. The van der Waals surface area contributed by atoms with Gasteiger partial charge in [0, 0.05) is 6.08 Å². The first-order valence-electron chi connectivity index (χ1n) is 1.91. The normalized spacial score (nSPS) is 10.6. The zero-order chi connectivity index (χ0) is 7.49. The Kier molecular flexibility index (Phi) is 2.27. The van der Waals surface area contributed by atoms with Crippen molar-refractivity contribution in [3.63, 3.8) is 0 Å². The summed E-state index contributed by atoms with van der Waals surface area (Å²) >= 11 is 0. The van der Waals surface area contributed by atoms with Crippen molar-refractivity contribution in [3.05, 3.63) is 12.7 Å². The summed E-state index contributed by atoms with van der Waals surface area (Å²) in [6, 6.07) is 0. The maximum Gasteiger partial charge on any atom is 0.535 e. The van der Waals surface area contributed by atoms with Crippen LogP contribution in [0.25, 0.3) is 0 Å². The van der Waals surface area contributed by atoms with Crippen LogP contribution in [0.4, 0.5) is 8.78 Å². The predicted octanol–water partition coefficient (Wildman–Crippen LogP) is 0.258. The minimum atomic E-state index is -4.40. The van der Waals surface area contributed by atoms with Crippen LogP contribution in [-0.2, 0) is 9.53 Å². The highest BCUT2D eigenvalue weighted by molar-refractivity contribution is 5.81. The average molecular weight is 138 g/mol. The fourth-order valence-electron chi connectivity index (χ4n) is 0.163. The van der Waals surface area contributed by atoms with E-state index >= 15 is 0 Å². The molecule has 3 nitrogen and oxygen atoms in total. The van der Waals surface area contributed by atoms with Gasteiger partial charge in [-0.2, -0.15) is 0 Å². The lowest BCUT2D eigenvalue weighted by atomic mass is 10.7. The van der Waals surface area contributed by atoms with E-state index in [1.165, 1.54) is 0 Å². The van der Waals surface area contributed by atoms with Gasteiger partial charge in [0.2, 0.25) is 0 Å². The molecule has 0 aromatic carbocycles. The number of halogens is 2. The van der Waals surface area contributed by atoms with E-state index in [-0.39, 0.29) is 0 Å². The molecule has 0 spiro atoms. The first-order valence-corrected chi connectivity index (χ1v) is 1.91. The molecular weight excluding hydrogens is 134 g/mol. The van der Waals surface area contributed by atoms with Crippen LogP contribution in [-0.4, -0.2) is 17.4 Å². The second-order valence-corrected chi connectivity index (χ2v) is 1.11. The highest BCUT2D eigenvalue weighted by Gasteiger charge is 2.29. The van der Waals surface area contributed by atoms with E-state index in [4.69, 9.17) is 5.11 Å². The SMILES string of the molecule is C=CC(=O)OC(O)(F)F. The van der Waals surface area contributed by atoms with Crippen LogP contribution in [0.2, 0.25) is 0 Å². The molecular formula is C4H4F2O3. The molecule has 0 aliphatic carbocycles. The van der Waals surface area contributed by atoms with Crippen molar-refractivity contribution in [2.75, 3.05) is 0 Å². The van der Waals surface area contributed by atoms with Crippen molar-refractivity contribution < 1.29 is 23.4 Å². The third kappa shape index (κ3) is 4.89. The van der Waals surface area contributed by atoms with Crippen LogP contribution < -0.4 is 0 Å². The van der Waals surface area contributed by atoms with E-state index in [1.54, 1.807) is 0 Å². The molecule has 0 saturated heterocycles. The zero-order valence-electron chi connectivity index (χ0n) is 4.30. The Hall–Kier alpha value is -0.970. The Morgan fingerprint density at radius 1 is 1.78 bits per heavy atom. The molecule has 0 atom stereocenters. The molecule has 0 radical (unpaired) electrons. The van der Waals surface area contributed by atoms with Crippen LogP contribution >= 0.6 is 0 Å². The van der Waals surface area contributed by atoms with E-state index in [0.29, 0.717) is 6.08 Å². The Balaban J connectivity index is 3.74. The number of rotatable bonds is 2. The molecule has 1 N–H and O–H groups in total. The minimum Gasteiger partial charge on any atom is -0.373 e. The second-order valence-electron chi connectivity index (χ2n) is 1.11. The topological polar surface area (TPSA) is 46.5 Å². The highest BCUT2D eigenvalue weighted by Crippen LogP contribution is 2.09. The Morgan fingerprint density at radius 2 is 2.22 bits per heavy atom. The van der Waals surface area contributed by atoms with Crippen LogP contribution in [0.15, 0.2) is 12.7 Å². The molecule has 0 aliphatic rings. The molecule has 0 aromatic rings. The number of alkyl halides is 2. The van der Waals surface area contributed by atoms with Gasteiger partial charge in [-0.25, -0.2) is 4.79 Å². The monoisotopic (exact) mass is 138 g/mol. The predicted molar refractivity (Wildman–Crippen MR) is 23.5 cm³/mol. The lowest BCUT2D eigenvalue weighted by Crippen LogP contribution is -2.22. The van der Waals surface area contributed by atoms with Gasteiger partial charge in [0.15, 0.2) is 0 Å². The first-order chi connectivity index (χ1) is 3.95. The summed E-state index contributed by atoms with van der Waals surface area (Å²) in [7, 11) is 0. The van der Waals surface area contributed by atoms with Gasteiger partial charge in [0.05, 0.1) is 0 Å². The first kappa shape index (κ1) is 8.03. The number of esters is 1. The van der Waals surface area contributed by atoms with Gasteiger partial charge in [-0.15, -0.1) is 8.78 Å². The van der Waals surface area contributed by atoms with Gasteiger partial charge in [-0.05, 0) is 0 Å². The molecule has 52 valence electrons. The number of carbonyl (C=O) groups is 1. The van der Waals surface area contributed by atoms with E-state index in [1.807, 2.05) is 0 Å². The maximum absolute atomic E-state index is 11.2. The van der Waals surface area contributed by atoms with Gasteiger partial charge < -0.3 is 9.84 Å². The molecule has 0 aliphatic heterocycles. The van der Waals surface area contributed by atoms with E-state index in [0.717, 1.165) is 0 Å². The summed E-state index contributed by atoms with van der Waals surface area (Å²) in [5.74, 6) is -1.37. The van der Waals surface area contributed by atoms with Gasteiger partial charge in [0.1, 0.15) is 0 Å². The number of carbonyl (C=O) groups excluding carboxylic acids is 1. The highest BCUT2D eigenvalue weighted by atomic mass is 19.3. The third-order valence-corrected chi connectivity index (χ3v) is 0.390. The summed E-state index contributed by atoms with van der Waals surface area (Å²) in [5, 5.41) is 7.50. The van der Waals surface area contributed by atoms with Gasteiger partial charge in [-0.1, -0.05) is 6.58 Å². The molecule has 5 heteroatoms. The Bertz CT molecular complexity index is 126. The van der Waals surface area contributed by atoms with E-state index in [9.17, 15) is 13.6 Å². The summed E-state index contributed by atoms with van der Waals surface area (Å²) in [6.45, 7) is 2.83. The quantitative estimate of drug-likeness (QED) is 0.338. The number of hydrogen-bond donors (Lipinski definition) is 1. The van der Waals surface area contributed by atoms with Crippen molar-refractivity contribution in [1.29, 1.82) is 0 Å². The molecule has 0 unspecified atom stereocenters. The fraction of sp³-hybridized carbons (Fsp3) is 0.250. The number of hydrogen-bond acceptors (Lipinski definition) is 3. The van der Waals surface area contributed by atoms with Crippen LogP contribution in [0.1, 0.15) is 0 Å². The molecule has 0 fully saturated rings. The third-order valence-electron chi connectivity index (χ3n) is 0.390. The number of ether oxygens (including phenoxy) is 1. The summed E-state index contributed by atoms with van der Waals surface area (Å²) < 4.78 is 25.5. The molecule has 0 rings (SSSR count). The lowest BCUT2D eigenvalue weighted by Gasteiger charge is -2.05. The Labute approximate surface area is 49.5 Å². The van der Waals surface area contributed by atoms with E-state index < -0.39 is 12.3 Å². The van der Waals surface area contributed by atoms with Crippen molar-refractivity contribution in [3.8, 4) is 0 Å². The molecule has 9 heavy (non-hydrogen) atoms. The van der Waals surface area contributed by atoms with Crippen LogP contribution in [0.5, 0.6) is 0 Å². The maximum atomic E-state index is 11.2. The molecule has 0 bridgehead atoms. The van der Waals surface area contributed by atoms with Crippen molar-refractivity contribution in [2.24, 2.45) is 0 Å². The summed E-state index contributed by atoms with van der Waals surface area (Å²) in [6.07, 6.45) is -3.88. The van der Waals surface area contributed by atoms with Crippen molar-refractivity contribution in [2.45, 2.75) is 6.29 Å². The van der Waals surface area contributed by atoms with Crippen LogP contribution in [0.3, 0.4) is 0 Å². The van der Waals surface area contributed by atoms with Gasteiger partial charge in [0.25, 0.3) is 0 Å². The van der Waals surface area contributed by atoms with E-state index in [2.05, 4.69) is 11.3 Å². The van der Waals surface area contributed by atoms with Gasteiger partial charge in [-0.3, -0.25) is 0 Å². The summed E-state index contributed by atoms with van der Waals surface area (Å²) in [4.78, 5) is 9.85. The smallest absolute Gasteiger partial charge is 0.373 e. The zero-order valence-corrected chi connectivity index (χ0v) is 4.30. The second kappa shape index (κ2) is 2.54. The molecule has 0 aromatic heterocycles. The molecule has 0 heterocycles. The van der Waals surface area contributed by atoms with Crippen molar-refractivity contribution >= 4 is 5.97 Å². The minimum absolute atomic E-state index is 0.518. The fourth-order valence-corrected chi connectivity index (χ4v) is 0.163. The number of aliphatic hydroxyl groups is 1. The standard InChI is InChI=1S/C4H4F2O3/c1-2-3(7)9-4(5,6)8/h2,8H,1H2. The molecule has 0 saturated carbocycles. The largest absolute Gasteiger partial charge is 0.535 e. The van der Waals surface area contributed by atoms with Crippen molar-refractivity contribution in [1.82, 2.24) is 0 Å². The van der Waals surface area contributed by atoms with Crippen LogP contribution in [0, 0.1) is 0 Å². The van der Waals surface area contributed by atoms with Gasteiger partial charge >= 0.3 is 12.3 Å². The lowest BCUT2D eigenvalue weighted by molar-refractivity contribution is -0.349. The average Bonchev–Trinajstić information content (AvgIpc) is 1.62. The Morgan fingerprint density at radius 3 is 2.33 bits per heavy atom. The molecule has 0 amide bonds.